The molecule has 0 saturated heterocycles. The number of carbonyl (C=O) groups excluding carboxylic acids is 3. The lowest BCUT2D eigenvalue weighted by Crippen LogP contribution is -2.34. The SMILES string of the molecule is CCOc1ccccc1C(=O)NCC(=O)O[C@H](C)C(=O)c1cc(C)c(C)cc1C. The van der Waals surface area contributed by atoms with E-state index in [9.17, 15) is 14.4 Å². The maximum absolute atomic E-state index is 12.7. The van der Waals surface area contributed by atoms with Gasteiger partial charge in [0.2, 0.25) is 5.78 Å². The molecule has 0 bridgehead atoms. The number of para-hydroxylation sites is 1. The lowest BCUT2D eigenvalue weighted by Gasteiger charge is -2.15. The van der Waals surface area contributed by atoms with Gasteiger partial charge in [0.05, 0.1) is 12.2 Å². The van der Waals surface area contributed by atoms with Crippen LogP contribution in [-0.4, -0.2) is 36.9 Å². The molecule has 1 amide bonds. The Hall–Kier alpha value is -3.15. The molecule has 154 valence electrons. The van der Waals surface area contributed by atoms with Crippen LogP contribution in [0.2, 0.25) is 0 Å². The summed E-state index contributed by atoms with van der Waals surface area (Å²) in [6.45, 7) is 9.18. The van der Waals surface area contributed by atoms with E-state index in [-0.39, 0.29) is 12.3 Å². The average molecular weight is 397 g/mol. The number of Topliss-reactive ketones (excluding diaryl/α,β-unsaturated/α-hetero) is 1. The first-order valence-corrected chi connectivity index (χ1v) is 9.56. The van der Waals surface area contributed by atoms with Crippen molar-refractivity contribution in [2.24, 2.45) is 0 Å². The van der Waals surface area contributed by atoms with E-state index in [1.165, 1.54) is 6.92 Å². The van der Waals surface area contributed by atoms with Crippen LogP contribution in [0.15, 0.2) is 36.4 Å². The lowest BCUT2D eigenvalue weighted by atomic mass is 9.96. The normalized spacial score (nSPS) is 11.5. The summed E-state index contributed by atoms with van der Waals surface area (Å²) >= 11 is 0. The molecule has 0 radical (unpaired) electrons. The fourth-order valence-corrected chi connectivity index (χ4v) is 2.92. The number of ketones is 1. The summed E-state index contributed by atoms with van der Waals surface area (Å²) in [4.78, 5) is 37.1. The highest BCUT2D eigenvalue weighted by Crippen LogP contribution is 2.19. The third-order valence-electron chi connectivity index (χ3n) is 4.61. The molecule has 0 aliphatic rings. The van der Waals surface area contributed by atoms with Crippen LogP contribution in [-0.2, 0) is 9.53 Å². The van der Waals surface area contributed by atoms with Crippen molar-refractivity contribution < 1.29 is 23.9 Å². The highest BCUT2D eigenvalue weighted by Gasteiger charge is 2.22. The average Bonchev–Trinajstić information content (AvgIpc) is 2.69. The zero-order chi connectivity index (χ0) is 21.6. The molecule has 2 aromatic carbocycles. The Morgan fingerprint density at radius 3 is 2.31 bits per heavy atom. The number of ether oxygens (including phenoxy) is 2. The number of benzene rings is 2. The van der Waals surface area contributed by atoms with Crippen molar-refractivity contribution in [1.82, 2.24) is 5.32 Å². The van der Waals surface area contributed by atoms with Gasteiger partial charge < -0.3 is 14.8 Å². The summed E-state index contributed by atoms with van der Waals surface area (Å²) in [6, 6.07) is 10.5. The van der Waals surface area contributed by atoms with Crippen LogP contribution in [0, 0.1) is 20.8 Å². The molecule has 6 nitrogen and oxygen atoms in total. The first-order chi connectivity index (χ1) is 13.7. The van der Waals surface area contributed by atoms with E-state index >= 15 is 0 Å². The predicted molar refractivity (Wildman–Crippen MR) is 110 cm³/mol. The van der Waals surface area contributed by atoms with Crippen LogP contribution in [0.3, 0.4) is 0 Å². The van der Waals surface area contributed by atoms with Gasteiger partial charge in [0, 0.05) is 5.56 Å². The second-order valence-corrected chi connectivity index (χ2v) is 6.86. The molecule has 0 fully saturated rings. The summed E-state index contributed by atoms with van der Waals surface area (Å²) in [5.74, 6) is -0.967. The molecule has 0 aromatic heterocycles. The van der Waals surface area contributed by atoms with Gasteiger partial charge in [-0.3, -0.25) is 14.4 Å². The molecule has 6 heteroatoms. The third kappa shape index (κ3) is 5.67. The van der Waals surface area contributed by atoms with Crippen molar-refractivity contribution >= 4 is 17.7 Å². The van der Waals surface area contributed by atoms with Gasteiger partial charge in [-0.25, -0.2) is 0 Å². The second-order valence-electron chi connectivity index (χ2n) is 6.86. The van der Waals surface area contributed by atoms with Crippen molar-refractivity contribution in [2.45, 2.75) is 40.7 Å². The Labute approximate surface area is 171 Å². The van der Waals surface area contributed by atoms with Crippen molar-refractivity contribution in [3.8, 4) is 5.75 Å². The van der Waals surface area contributed by atoms with Gasteiger partial charge >= 0.3 is 5.97 Å². The first-order valence-electron chi connectivity index (χ1n) is 9.56. The van der Waals surface area contributed by atoms with Crippen LogP contribution >= 0.6 is 0 Å². The molecule has 0 aliphatic carbocycles. The molecule has 29 heavy (non-hydrogen) atoms. The number of esters is 1. The number of amides is 1. The molecule has 0 unspecified atom stereocenters. The zero-order valence-corrected chi connectivity index (χ0v) is 17.5. The molecule has 0 spiro atoms. The van der Waals surface area contributed by atoms with E-state index in [1.54, 1.807) is 24.3 Å². The van der Waals surface area contributed by atoms with Crippen LogP contribution in [0.4, 0.5) is 0 Å². The molecular weight excluding hydrogens is 370 g/mol. The summed E-state index contributed by atoms with van der Waals surface area (Å²) in [5.41, 5.74) is 3.79. The predicted octanol–water partition coefficient (Wildman–Crippen LogP) is 3.55. The standard InChI is InChI=1S/C23H27NO5/c1-6-28-20-10-8-7-9-18(20)23(27)24-13-21(25)29-17(5)22(26)19-12-15(3)14(2)11-16(19)4/h7-12,17H,6,13H2,1-5H3,(H,24,27)/t17-/m1/s1. The van der Waals surface area contributed by atoms with Gasteiger partial charge in [-0.15, -0.1) is 0 Å². The van der Waals surface area contributed by atoms with E-state index in [2.05, 4.69) is 5.32 Å². The number of nitrogens with one attached hydrogen (secondary N) is 1. The van der Waals surface area contributed by atoms with E-state index in [0.29, 0.717) is 23.5 Å². The van der Waals surface area contributed by atoms with E-state index in [0.717, 1.165) is 16.7 Å². The quantitative estimate of drug-likeness (QED) is 0.544. The minimum Gasteiger partial charge on any atom is -0.493 e. The Morgan fingerprint density at radius 1 is 0.966 bits per heavy atom. The molecule has 1 N–H and O–H groups in total. The molecule has 2 rings (SSSR count). The van der Waals surface area contributed by atoms with Crippen LogP contribution < -0.4 is 10.1 Å². The van der Waals surface area contributed by atoms with Gasteiger partial charge in [0.25, 0.3) is 5.91 Å². The number of rotatable bonds is 8. The Bertz CT molecular complexity index is 919. The number of aryl methyl sites for hydroxylation is 3. The Kier molecular flexibility index (Phi) is 7.53. The molecule has 0 aliphatic heterocycles. The molecule has 1 atom stereocenters. The minimum atomic E-state index is -0.948. The monoisotopic (exact) mass is 397 g/mol. The molecule has 2 aromatic rings. The lowest BCUT2D eigenvalue weighted by molar-refractivity contribution is -0.145. The van der Waals surface area contributed by atoms with Crippen LogP contribution in [0.5, 0.6) is 5.75 Å². The number of hydrogen-bond donors (Lipinski definition) is 1. The molecule has 0 saturated carbocycles. The topological polar surface area (TPSA) is 81.7 Å². The summed E-state index contributed by atoms with van der Waals surface area (Å²) in [6.07, 6.45) is -0.948. The van der Waals surface area contributed by atoms with Gasteiger partial charge in [-0.2, -0.15) is 0 Å². The van der Waals surface area contributed by atoms with Crippen LogP contribution in [0.25, 0.3) is 0 Å². The highest BCUT2D eigenvalue weighted by atomic mass is 16.5. The highest BCUT2D eigenvalue weighted by molar-refractivity contribution is 6.02. The largest absolute Gasteiger partial charge is 0.493 e. The molecule has 0 heterocycles. The van der Waals surface area contributed by atoms with E-state index in [4.69, 9.17) is 9.47 Å². The van der Waals surface area contributed by atoms with E-state index < -0.39 is 18.0 Å². The third-order valence-corrected chi connectivity index (χ3v) is 4.61. The van der Waals surface area contributed by atoms with Crippen LogP contribution in [0.1, 0.15) is 51.3 Å². The fourth-order valence-electron chi connectivity index (χ4n) is 2.92. The van der Waals surface area contributed by atoms with Crippen molar-refractivity contribution in [2.75, 3.05) is 13.2 Å². The Balaban J connectivity index is 1.96. The Morgan fingerprint density at radius 2 is 1.62 bits per heavy atom. The van der Waals surface area contributed by atoms with Gasteiger partial charge in [-0.1, -0.05) is 18.2 Å². The zero-order valence-electron chi connectivity index (χ0n) is 17.5. The van der Waals surface area contributed by atoms with Gasteiger partial charge in [0.15, 0.2) is 6.10 Å². The van der Waals surface area contributed by atoms with Crippen molar-refractivity contribution in [3.63, 3.8) is 0 Å². The summed E-state index contributed by atoms with van der Waals surface area (Å²) in [5, 5.41) is 2.50. The van der Waals surface area contributed by atoms with E-state index in [1.807, 2.05) is 39.8 Å². The maximum atomic E-state index is 12.7. The summed E-state index contributed by atoms with van der Waals surface area (Å²) in [7, 11) is 0. The summed E-state index contributed by atoms with van der Waals surface area (Å²) < 4.78 is 10.6. The fraction of sp³-hybridized carbons (Fsp3) is 0.348. The minimum absolute atomic E-state index is 0.271. The molecular formula is C23H27NO5. The number of carbonyl (C=O) groups is 3. The van der Waals surface area contributed by atoms with Crippen molar-refractivity contribution in [3.05, 3.63) is 64.2 Å². The maximum Gasteiger partial charge on any atom is 0.326 e. The van der Waals surface area contributed by atoms with Gasteiger partial charge in [0.1, 0.15) is 12.3 Å². The first kappa shape index (κ1) is 22.1. The van der Waals surface area contributed by atoms with Gasteiger partial charge in [-0.05, 0) is 69.5 Å². The van der Waals surface area contributed by atoms with Crippen molar-refractivity contribution in [1.29, 1.82) is 0 Å². The second kappa shape index (κ2) is 9.87. The number of hydrogen-bond acceptors (Lipinski definition) is 5. The smallest absolute Gasteiger partial charge is 0.326 e.